The molecule has 6 heteroatoms. The molecule has 0 saturated heterocycles. The average molecular weight is 351 g/mol. The first kappa shape index (κ1) is 17.4. The lowest BCUT2D eigenvalue weighted by molar-refractivity contribution is -0.142. The van der Waals surface area contributed by atoms with Crippen molar-refractivity contribution in [3.05, 3.63) is 82.2 Å². The third-order valence-electron chi connectivity index (χ3n) is 3.93. The van der Waals surface area contributed by atoms with Crippen molar-refractivity contribution >= 4 is 22.8 Å². The fourth-order valence-electron chi connectivity index (χ4n) is 2.63. The smallest absolute Gasteiger partial charge is 0.328 e. The van der Waals surface area contributed by atoms with Crippen LogP contribution in [0.5, 0.6) is 0 Å². The number of ether oxygens (including phenoxy) is 1. The number of amides is 1. The van der Waals surface area contributed by atoms with Crippen molar-refractivity contribution in [1.29, 1.82) is 0 Å². The quantitative estimate of drug-likeness (QED) is 0.713. The molecule has 1 heterocycles. The van der Waals surface area contributed by atoms with Gasteiger partial charge in [-0.15, -0.1) is 0 Å². The zero-order valence-corrected chi connectivity index (χ0v) is 14.1. The summed E-state index contributed by atoms with van der Waals surface area (Å²) in [6.45, 7) is 0. The lowest BCUT2D eigenvalue weighted by Crippen LogP contribution is -2.43. The van der Waals surface area contributed by atoms with Gasteiger partial charge in [0.2, 0.25) is 0 Å². The molecule has 0 aliphatic carbocycles. The number of fused-ring (bicyclic) bond motifs is 1. The molecule has 0 spiro atoms. The Balaban J connectivity index is 1.85. The first-order valence-corrected chi connectivity index (χ1v) is 8.04. The van der Waals surface area contributed by atoms with Crippen LogP contribution in [0.15, 0.2) is 69.9 Å². The molecule has 26 heavy (non-hydrogen) atoms. The van der Waals surface area contributed by atoms with Gasteiger partial charge in [-0.05, 0) is 17.7 Å². The van der Waals surface area contributed by atoms with Crippen LogP contribution in [0.25, 0.3) is 11.0 Å². The van der Waals surface area contributed by atoms with Gasteiger partial charge in [-0.25, -0.2) is 4.79 Å². The van der Waals surface area contributed by atoms with E-state index in [1.165, 1.54) is 7.11 Å². The van der Waals surface area contributed by atoms with E-state index < -0.39 is 17.9 Å². The lowest BCUT2D eigenvalue weighted by atomic mass is 10.1. The summed E-state index contributed by atoms with van der Waals surface area (Å²) in [7, 11) is 1.25. The second kappa shape index (κ2) is 7.65. The monoisotopic (exact) mass is 351 g/mol. The summed E-state index contributed by atoms with van der Waals surface area (Å²) in [6, 6.07) is 16.1. The van der Waals surface area contributed by atoms with E-state index in [-0.39, 0.29) is 17.6 Å². The van der Waals surface area contributed by atoms with Gasteiger partial charge in [0, 0.05) is 12.5 Å². The minimum atomic E-state index is -0.897. The molecular formula is C20H17NO5. The van der Waals surface area contributed by atoms with E-state index in [0.29, 0.717) is 11.0 Å². The maximum absolute atomic E-state index is 12.5. The Kier molecular flexibility index (Phi) is 5.12. The Morgan fingerprint density at radius 1 is 1.08 bits per heavy atom. The molecule has 0 unspecified atom stereocenters. The summed E-state index contributed by atoms with van der Waals surface area (Å²) in [5, 5.41) is 2.97. The molecule has 1 aromatic heterocycles. The van der Waals surface area contributed by atoms with E-state index in [0.717, 1.165) is 11.6 Å². The number of hydrogen-bond donors (Lipinski definition) is 1. The summed E-state index contributed by atoms with van der Waals surface area (Å²) in [6.07, 6.45) is 0.261. The second-order valence-electron chi connectivity index (χ2n) is 5.71. The Morgan fingerprint density at radius 3 is 2.50 bits per heavy atom. The van der Waals surface area contributed by atoms with Crippen LogP contribution < -0.4 is 10.7 Å². The van der Waals surface area contributed by atoms with E-state index in [4.69, 9.17) is 9.15 Å². The number of hydrogen-bond acceptors (Lipinski definition) is 5. The largest absolute Gasteiger partial charge is 0.467 e. The normalized spacial score (nSPS) is 11.7. The van der Waals surface area contributed by atoms with Gasteiger partial charge in [0.05, 0.1) is 12.5 Å². The maximum Gasteiger partial charge on any atom is 0.328 e. The highest BCUT2D eigenvalue weighted by Gasteiger charge is 2.24. The van der Waals surface area contributed by atoms with Crippen molar-refractivity contribution in [1.82, 2.24) is 5.32 Å². The molecule has 1 atom stereocenters. The molecule has 3 rings (SSSR count). The standard InChI is InChI=1S/C20H17NO5/c1-25-20(24)15(11-13-7-3-2-4-8-13)21-19(23)18-12-16(22)14-9-5-6-10-17(14)26-18/h2-10,12,15H,11H2,1H3,(H,21,23)/t15-/m1/s1. The van der Waals surface area contributed by atoms with Gasteiger partial charge in [-0.1, -0.05) is 42.5 Å². The molecule has 132 valence electrons. The van der Waals surface area contributed by atoms with Gasteiger partial charge in [-0.2, -0.15) is 0 Å². The highest BCUT2D eigenvalue weighted by molar-refractivity contribution is 5.95. The van der Waals surface area contributed by atoms with E-state index in [1.54, 1.807) is 24.3 Å². The van der Waals surface area contributed by atoms with Gasteiger partial charge < -0.3 is 14.5 Å². The van der Waals surface area contributed by atoms with Crippen LogP contribution in [0.4, 0.5) is 0 Å². The fraction of sp³-hybridized carbons (Fsp3) is 0.150. The first-order valence-electron chi connectivity index (χ1n) is 8.04. The number of para-hydroxylation sites is 1. The predicted molar refractivity (Wildman–Crippen MR) is 95.9 cm³/mol. The Hall–Kier alpha value is -3.41. The van der Waals surface area contributed by atoms with Gasteiger partial charge in [0.25, 0.3) is 5.91 Å². The number of nitrogens with one attached hydrogen (secondary N) is 1. The van der Waals surface area contributed by atoms with E-state index in [2.05, 4.69) is 5.32 Å². The van der Waals surface area contributed by atoms with Gasteiger partial charge in [-0.3, -0.25) is 9.59 Å². The molecule has 3 aromatic rings. The molecular weight excluding hydrogens is 334 g/mol. The number of methoxy groups -OCH3 is 1. The number of esters is 1. The molecule has 0 saturated carbocycles. The highest BCUT2D eigenvalue weighted by atomic mass is 16.5. The van der Waals surface area contributed by atoms with Crippen molar-refractivity contribution in [2.45, 2.75) is 12.5 Å². The van der Waals surface area contributed by atoms with E-state index in [9.17, 15) is 14.4 Å². The summed E-state index contributed by atoms with van der Waals surface area (Å²) >= 11 is 0. The summed E-state index contributed by atoms with van der Waals surface area (Å²) in [5.41, 5.74) is 0.848. The molecule has 0 radical (unpaired) electrons. The first-order chi connectivity index (χ1) is 12.6. The predicted octanol–water partition coefficient (Wildman–Crippen LogP) is 2.31. The highest BCUT2D eigenvalue weighted by Crippen LogP contribution is 2.12. The third-order valence-corrected chi connectivity index (χ3v) is 3.93. The van der Waals surface area contributed by atoms with Crippen LogP contribution >= 0.6 is 0 Å². The number of carbonyl (C=O) groups excluding carboxylic acids is 2. The lowest BCUT2D eigenvalue weighted by Gasteiger charge is -2.16. The Bertz CT molecular complexity index is 994. The average Bonchev–Trinajstić information content (AvgIpc) is 2.67. The van der Waals surface area contributed by atoms with Gasteiger partial charge in [0.15, 0.2) is 11.2 Å². The summed E-state index contributed by atoms with van der Waals surface area (Å²) in [4.78, 5) is 36.7. The fourth-order valence-corrected chi connectivity index (χ4v) is 2.63. The zero-order chi connectivity index (χ0) is 18.5. The molecule has 2 aromatic carbocycles. The van der Waals surface area contributed by atoms with Crippen molar-refractivity contribution in [3.8, 4) is 0 Å². The minimum Gasteiger partial charge on any atom is -0.467 e. The van der Waals surface area contributed by atoms with E-state index >= 15 is 0 Å². The number of benzene rings is 2. The third kappa shape index (κ3) is 3.80. The number of rotatable bonds is 5. The van der Waals surface area contributed by atoms with Crippen molar-refractivity contribution < 1.29 is 18.7 Å². The van der Waals surface area contributed by atoms with Crippen LogP contribution in [0.3, 0.4) is 0 Å². The molecule has 1 N–H and O–H groups in total. The van der Waals surface area contributed by atoms with Gasteiger partial charge in [0.1, 0.15) is 11.6 Å². The summed E-state index contributed by atoms with van der Waals surface area (Å²) < 4.78 is 10.3. The van der Waals surface area contributed by atoms with E-state index in [1.807, 2.05) is 30.3 Å². The van der Waals surface area contributed by atoms with Crippen molar-refractivity contribution in [2.24, 2.45) is 0 Å². The molecule has 0 bridgehead atoms. The number of carbonyl (C=O) groups is 2. The maximum atomic E-state index is 12.5. The molecule has 0 aliphatic rings. The van der Waals surface area contributed by atoms with Crippen LogP contribution in [0.2, 0.25) is 0 Å². The van der Waals surface area contributed by atoms with Crippen LogP contribution in [-0.2, 0) is 16.0 Å². The SMILES string of the molecule is COC(=O)[C@@H](Cc1ccccc1)NC(=O)c1cc(=O)c2ccccc2o1. The minimum absolute atomic E-state index is 0.157. The molecule has 1 amide bonds. The zero-order valence-electron chi connectivity index (χ0n) is 14.1. The van der Waals surface area contributed by atoms with Crippen molar-refractivity contribution in [3.63, 3.8) is 0 Å². The molecule has 0 fully saturated rings. The topological polar surface area (TPSA) is 85.6 Å². The molecule has 6 nitrogen and oxygen atoms in total. The Labute approximate surface area is 149 Å². The van der Waals surface area contributed by atoms with Crippen molar-refractivity contribution in [2.75, 3.05) is 7.11 Å². The summed E-state index contributed by atoms with van der Waals surface area (Å²) in [5.74, 6) is -1.39. The Morgan fingerprint density at radius 2 is 1.77 bits per heavy atom. The van der Waals surface area contributed by atoms with Crippen LogP contribution in [0, 0.1) is 0 Å². The molecule has 0 aliphatic heterocycles. The van der Waals surface area contributed by atoms with Crippen LogP contribution in [-0.4, -0.2) is 25.0 Å². The van der Waals surface area contributed by atoms with Gasteiger partial charge >= 0.3 is 5.97 Å². The second-order valence-corrected chi connectivity index (χ2v) is 5.71. The van der Waals surface area contributed by atoms with Crippen LogP contribution in [0.1, 0.15) is 16.1 Å².